The molecule has 0 aliphatic carbocycles. The number of benzene rings is 2. The molecule has 3 nitrogen and oxygen atoms in total. The Hall–Kier alpha value is -1.91. The summed E-state index contributed by atoms with van der Waals surface area (Å²) in [7, 11) is 1.78. The van der Waals surface area contributed by atoms with Crippen LogP contribution in [0.5, 0.6) is 5.75 Å². The van der Waals surface area contributed by atoms with Gasteiger partial charge in [-0.1, -0.05) is 23.7 Å². The third-order valence-electron chi connectivity index (χ3n) is 3.04. The maximum Gasteiger partial charge on any atom is 0.180 e. The van der Waals surface area contributed by atoms with Crippen LogP contribution in [0.25, 0.3) is 0 Å². The molecule has 0 aromatic heterocycles. The van der Waals surface area contributed by atoms with E-state index in [1.165, 1.54) is 6.07 Å². The van der Waals surface area contributed by atoms with Gasteiger partial charge in [0.15, 0.2) is 5.78 Å². The van der Waals surface area contributed by atoms with E-state index in [1.807, 2.05) is 12.1 Å². The van der Waals surface area contributed by atoms with E-state index < -0.39 is 5.82 Å². The maximum absolute atomic E-state index is 13.1. The molecule has 0 bridgehead atoms. The highest BCUT2D eigenvalue weighted by Gasteiger charge is 2.14. The average molecular weight is 308 g/mol. The Labute approximate surface area is 127 Å². The zero-order valence-electron chi connectivity index (χ0n) is 11.5. The summed E-state index contributed by atoms with van der Waals surface area (Å²) in [6.07, 6.45) is 0. The fourth-order valence-electron chi connectivity index (χ4n) is 2.02. The second-order valence-electron chi connectivity index (χ2n) is 4.88. The van der Waals surface area contributed by atoms with Crippen LogP contribution < -0.4 is 0 Å². The lowest BCUT2D eigenvalue weighted by atomic mass is 10.1. The van der Waals surface area contributed by atoms with Gasteiger partial charge in [0.2, 0.25) is 0 Å². The van der Waals surface area contributed by atoms with Gasteiger partial charge < -0.3 is 5.11 Å². The van der Waals surface area contributed by atoms with Crippen molar-refractivity contribution in [2.24, 2.45) is 0 Å². The quantitative estimate of drug-likeness (QED) is 0.860. The zero-order chi connectivity index (χ0) is 15.4. The molecule has 0 radical (unpaired) electrons. The minimum atomic E-state index is -0.545. The fourth-order valence-corrected chi connectivity index (χ4v) is 2.15. The number of ketones is 1. The van der Waals surface area contributed by atoms with Crippen LogP contribution in [-0.2, 0) is 6.54 Å². The molecular formula is C16H15ClFNO2. The summed E-state index contributed by atoms with van der Waals surface area (Å²) in [6, 6.07) is 10.7. The van der Waals surface area contributed by atoms with Crippen LogP contribution in [0.1, 0.15) is 15.9 Å². The molecule has 0 unspecified atom stereocenters. The van der Waals surface area contributed by atoms with Crippen molar-refractivity contribution in [1.29, 1.82) is 0 Å². The highest BCUT2D eigenvalue weighted by Crippen LogP contribution is 2.19. The monoisotopic (exact) mass is 307 g/mol. The van der Waals surface area contributed by atoms with Crippen LogP contribution in [0.3, 0.4) is 0 Å². The molecule has 5 heteroatoms. The molecule has 0 saturated heterocycles. The van der Waals surface area contributed by atoms with Gasteiger partial charge in [0.05, 0.1) is 12.1 Å². The second-order valence-corrected chi connectivity index (χ2v) is 5.32. The van der Waals surface area contributed by atoms with Gasteiger partial charge in [-0.25, -0.2) is 4.39 Å². The molecule has 21 heavy (non-hydrogen) atoms. The number of rotatable bonds is 5. The van der Waals surface area contributed by atoms with Crippen molar-refractivity contribution in [2.45, 2.75) is 6.54 Å². The van der Waals surface area contributed by atoms with E-state index in [-0.39, 0.29) is 23.6 Å². The topological polar surface area (TPSA) is 40.5 Å². The van der Waals surface area contributed by atoms with Crippen molar-refractivity contribution < 1.29 is 14.3 Å². The van der Waals surface area contributed by atoms with Crippen LogP contribution in [0.15, 0.2) is 42.5 Å². The first-order valence-corrected chi connectivity index (χ1v) is 6.78. The Kier molecular flexibility index (Phi) is 4.94. The largest absolute Gasteiger partial charge is 0.507 e. The first kappa shape index (κ1) is 15.5. The van der Waals surface area contributed by atoms with Crippen LogP contribution in [0, 0.1) is 5.82 Å². The van der Waals surface area contributed by atoms with E-state index in [0.29, 0.717) is 11.6 Å². The van der Waals surface area contributed by atoms with Crippen molar-refractivity contribution in [1.82, 2.24) is 4.90 Å². The lowest BCUT2D eigenvalue weighted by molar-refractivity contribution is 0.0940. The summed E-state index contributed by atoms with van der Waals surface area (Å²) in [5, 5.41) is 10.3. The molecular weight excluding hydrogens is 293 g/mol. The van der Waals surface area contributed by atoms with Gasteiger partial charge >= 0.3 is 0 Å². The molecule has 0 aliphatic rings. The van der Waals surface area contributed by atoms with Gasteiger partial charge in [-0.3, -0.25) is 9.69 Å². The van der Waals surface area contributed by atoms with Crippen LogP contribution in [0.2, 0.25) is 5.02 Å². The normalized spacial score (nSPS) is 10.9. The van der Waals surface area contributed by atoms with E-state index in [9.17, 15) is 14.3 Å². The number of hydrogen-bond donors (Lipinski definition) is 1. The third kappa shape index (κ3) is 4.28. The number of aromatic hydroxyl groups is 1. The highest BCUT2D eigenvalue weighted by molar-refractivity contribution is 6.30. The van der Waals surface area contributed by atoms with Gasteiger partial charge in [0.25, 0.3) is 0 Å². The number of phenols is 1. The number of Topliss-reactive ketones (excluding diaryl/α,β-unsaturated/α-hetero) is 1. The maximum atomic E-state index is 13.1. The first-order valence-electron chi connectivity index (χ1n) is 6.40. The molecule has 0 fully saturated rings. The van der Waals surface area contributed by atoms with Crippen molar-refractivity contribution in [3.8, 4) is 5.75 Å². The smallest absolute Gasteiger partial charge is 0.180 e. The summed E-state index contributed by atoms with van der Waals surface area (Å²) in [6.45, 7) is 0.638. The lowest BCUT2D eigenvalue weighted by Gasteiger charge is -2.16. The summed E-state index contributed by atoms with van der Waals surface area (Å²) in [5.41, 5.74) is 1.01. The molecule has 1 N–H and O–H groups in total. The van der Waals surface area contributed by atoms with Gasteiger partial charge in [-0.15, -0.1) is 0 Å². The number of nitrogens with zero attached hydrogens (tertiary/aromatic N) is 1. The van der Waals surface area contributed by atoms with E-state index in [1.54, 1.807) is 24.1 Å². The zero-order valence-corrected chi connectivity index (χ0v) is 12.3. The Morgan fingerprint density at radius 3 is 2.57 bits per heavy atom. The van der Waals surface area contributed by atoms with Crippen molar-refractivity contribution in [3.63, 3.8) is 0 Å². The number of hydrogen-bond acceptors (Lipinski definition) is 3. The predicted octanol–water partition coefficient (Wildman–Crippen LogP) is 3.50. The summed E-state index contributed by atoms with van der Waals surface area (Å²) in [5.74, 6) is -1.08. The van der Waals surface area contributed by atoms with Gasteiger partial charge in [0.1, 0.15) is 11.6 Å². The predicted molar refractivity (Wildman–Crippen MR) is 80.2 cm³/mol. The van der Waals surface area contributed by atoms with Gasteiger partial charge in [0, 0.05) is 11.6 Å². The molecule has 0 spiro atoms. The van der Waals surface area contributed by atoms with E-state index in [2.05, 4.69) is 0 Å². The standard InChI is InChI=1S/C16H15ClFNO2/c1-19(9-11-2-4-12(17)5-3-11)10-16(21)14-8-13(18)6-7-15(14)20/h2-8,20H,9-10H2,1H3. The minimum Gasteiger partial charge on any atom is -0.507 e. The highest BCUT2D eigenvalue weighted by atomic mass is 35.5. The van der Waals surface area contributed by atoms with E-state index >= 15 is 0 Å². The SMILES string of the molecule is CN(CC(=O)c1cc(F)ccc1O)Cc1ccc(Cl)cc1. The van der Waals surface area contributed by atoms with Crippen LogP contribution in [-0.4, -0.2) is 29.4 Å². The summed E-state index contributed by atoms with van der Waals surface area (Å²) >= 11 is 5.81. The molecule has 110 valence electrons. The fraction of sp³-hybridized carbons (Fsp3) is 0.188. The van der Waals surface area contributed by atoms with E-state index in [4.69, 9.17) is 11.6 Å². The Bertz CT molecular complexity index is 643. The number of phenolic OH excluding ortho intramolecular Hbond substituents is 1. The van der Waals surface area contributed by atoms with E-state index in [0.717, 1.165) is 17.7 Å². The molecule has 2 aromatic carbocycles. The Balaban J connectivity index is 2.01. The Morgan fingerprint density at radius 1 is 1.24 bits per heavy atom. The number of likely N-dealkylation sites (N-methyl/N-ethyl adjacent to an activating group) is 1. The average Bonchev–Trinajstić information content (AvgIpc) is 2.44. The minimum absolute atomic E-state index is 0.00189. The summed E-state index contributed by atoms with van der Waals surface area (Å²) < 4.78 is 13.1. The molecule has 0 aliphatic heterocycles. The van der Waals surface area contributed by atoms with Crippen molar-refractivity contribution in [2.75, 3.05) is 13.6 Å². The number of carbonyl (C=O) groups excluding carboxylic acids is 1. The molecule has 0 amide bonds. The van der Waals surface area contributed by atoms with Crippen molar-refractivity contribution in [3.05, 3.63) is 64.4 Å². The molecule has 0 saturated carbocycles. The first-order chi connectivity index (χ1) is 9.95. The van der Waals surface area contributed by atoms with Gasteiger partial charge in [-0.05, 0) is 42.9 Å². The van der Waals surface area contributed by atoms with Crippen LogP contribution in [0.4, 0.5) is 4.39 Å². The molecule has 0 atom stereocenters. The van der Waals surface area contributed by atoms with Crippen molar-refractivity contribution >= 4 is 17.4 Å². The number of carbonyl (C=O) groups is 1. The van der Waals surface area contributed by atoms with Crippen LogP contribution >= 0.6 is 11.6 Å². The second kappa shape index (κ2) is 6.70. The summed E-state index contributed by atoms with van der Waals surface area (Å²) in [4.78, 5) is 13.9. The molecule has 2 rings (SSSR count). The molecule has 2 aromatic rings. The molecule has 0 heterocycles. The number of halogens is 2. The lowest BCUT2D eigenvalue weighted by Crippen LogP contribution is -2.25. The Morgan fingerprint density at radius 2 is 1.90 bits per heavy atom. The van der Waals surface area contributed by atoms with Gasteiger partial charge in [-0.2, -0.15) is 0 Å². The third-order valence-corrected chi connectivity index (χ3v) is 3.29.